The first-order valence-corrected chi connectivity index (χ1v) is 33.3. The van der Waals surface area contributed by atoms with Crippen LogP contribution in [0, 0.1) is 13.8 Å². The van der Waals surface area contributed by atoms with Gasteiger partial charge in [0.05, 0.1) is 11.0 Å². The summed E-state index contributed by atoms with van der Waals surface area (Å²) in [5.41, 5.74) is 33.2. The van der Waals surface area contributed by atoms with Crippen molar-refractivity contribution in [3.05, 3.63) is 269 Å². The second-order valence-corrected chi connectivity index (χ2v) is 31.3. The van der Waals surface area contributed by atoms with Crippen LogP contribution in [0.25, 0.3) is 49.7 Å². The lowest BCUT2D eigenvalue weighted by atomic mass is 9.33. The summed E-state index contributed by atoms with van der Waals surface area (Å²) in [6.07, 6.45) is 0. The lowest BCUT2D eigenvalue weighted by Gasteiger charge is -2.46. The molecule has 12 aromatic rings. The third-order valence-corrected chi connectivity index (χ3v) is 20.6. The summed E-state index contributed by atoms with van der Waals surface area (Å²) >= 11 is 0. The average molecular weight is 1200 g/mol. The molecule has 0 saturated heterocycles. The van der Waals surface area contributed by atoms with Gasteiger partial charge in [0.15, 0.2) is 0 Å². The SMILES string of the molecule is Cc1cc(N2c3ccc(C(C)(C)C)cc3B3c4ccc(N(c5ccc(C(C)(C)C)cc5)c5ccc6c7ccccc7n(-c7ccccc7)c6c5)cc4N(c4ccc(C(C)(C)C)cc4)c4cc(C(C)(C)C)cc2c43)cc(C)c1-c1ccc2c(c1)C(C)(C)c1ccccc1-2. The number of benzene rings is 11. The summed E-state index contributed by atoms with van der Waals surface area (Å²) in [6, 6.07) is 86.6. The van der Waals surface area contributed by atoms with Crippen LogP contribution in [-0.2, 0) is 27.1 Å². The molecule has 2 aliphatic heterocycles. The van der Waals surface area contributed by atoms with E-state index in [1.54, 1.807) is 0 Å². The zero-order valence-electron chi connectivity index (χ0n) is 56.7. The van der Waals surface area contributed by atoms with Crippen molar-refractivity contribution in [2.75, 3.05) is 14.7 Å². The number of aryl methyl sites for hydroxylation is 2. The van der Waals surface area contributed by atoms with Crippen LogP contribution in [0.2, 0.25) is 0 Å². The maximum absolute atomic E-state index is 2.63. The van der Waals surface area contributed by atoms with Gasteiger partial charge >= 0.3 is 0 Å². The normalized spacial score (nSPS) is 14.1. The molecular formula is C87H85BN4. The van der Waals surface area contributed by atoms with E-state index < -0.39 is 0 Å². The highest BCUT2D eigenvalue weighted by Crippen LogP contribution is 2.53. The zero-order valence-corrected chi connectivity index (χ0v) is 56.7. The third-order valence-electron chi connectivity index (χ3n) is 20.6. The van der Waals surface area contributed by atoms with Gasteiger partial charge in [0.2, 0.25) is 0 Å². The summed E-state index contributed by atoms with van der Waals surface area (Å²) in [5, 5.41) is 2.46. The fraction of sp³-hybridized carbons (Fsp3) is 0.241. The van der Waals surface area contributed by atoms with Gasteiger partial charge in [-0.15, -0.1) is 0 Å². The maximum atomic E-state index is 2.63. The van der Waals surface area contributed by atoms with E-state index in [0.717, 1.165) is 34.0 Å². The van der Waals surface area contributed by atoms with Gasteiger partial charge in [-0.25, -0.2) is 0 Å². The number of para-hydroxylation sites is 2. The van der Waals surface area contributed by atoms with Gasteiger partial charge in [-0.1, -0.05) is 218 Å². The second kappa shape index (κ2) is 20.9. The molecule has 11 aromatic carbocycles. The molecule has 0 fully saturated rings. The molecule has 5 heteroatoms. The van der Waals surface area contributed by atoms with Crippen LogP contribution in [-0.4, -0.2) is 11.3 Å². The molecule has 0 saturated carbocycles. The molecule has 4 nitrogen and oxygen atoms in total. The van der Waals surface area contributed by atoms with Crippen LogP contribution in [0.4, 0.5) is 51.2 Å². The predicted octanol–water partition coefficient (Wildman–Crippen LogP) is 22.1. The fourth-order valence-electron chi connectivity index (χ4n) is 15.6. The minimum absolute atomic E-state index is 0.0140. The molecule has 0 spiro atoms. The lowest BCUT2D eigenvalue weighted by Crippen LogP contribution is -2.61. The van der Waals surface area contributed by atoms with Gasteiger partial charge in [-0.3, -0.25) is 0 Å². The van der Waals surface area contributed by atoms with Crippen molar-refractivity contribution in [3.8, 4) is 27.9 Å². The monoisotopic (exact) mass is 1200 g/mol. The molecule has 3 heterocycles. The minimum atomic E-state index is -0.194. The number of aromatic nitrogens is 1. The first-order chi connectivity index (χ1) is 43.7. The number of rotatable bonds is 7. The van der Waals surface area contributed by atoms with E-state index in [0.29, 0.717) is 0 Å². The Morgan fingerprint density at radius 3 is 1.57 bits per heavy atom. The fourth-order valence-corrected chi connectivity index (χ4v) is 15.6. The molecule has 0 unspecified atom stereocenters. The number of anilines is 9. The van der Waals surface area contributed by atoms with E-state index in [-0.39, 0.29) is 33.8 Å². The Labute approximate surface area is 546 Å². The minimum Gasteiger partial charge on any atom is -0.311 e. The van der Waals surface area contributed by atoms with Crippen molar-refractivity contribution >= 4 is 96.1 Å². The number of hydrogen-bond acceptors (Lipinski definition) is 3. The van der Waals surface area contributed by atoms with Crippen molar-refractivity contribution in [2.45, 2.75) is 138 Å². The number of fused-ring (bicyclic) bond motifs is 10. The standard InChI is InChI=1S/C87H85BN4/c1-54-46-66(47-55(2)81(54)56-30-42-68-67-26-20-22-28-71(67)87(15,16)72(68)48-56)92-76-45-35-59(85(9,10)11)49-74(76)88-73-44-41-65(53-78(73)91(63-38-33-58(34-39-63)84(6,7)8)79-50-60(86(12,13)14)51-80(92)82(79)88)89(62-36-31-57(32-37-62)83(3,4)5)64-40-43-70-69-27-21-23-29-75(69)90(77(70)52-64)61-24-18-17-19-25-61/h17-53H,1-16H3. The average Bonchev–Trinajstić information content (AvgIpc) is 0.943. The van der Waals surface area contributed by atoms with E-state index in [1.165, 1.54) is 128 Å². The van der Waals surface area contributed by atoms with Gasteiger partial charge in [0, 0.05) is 73.1 Å². The molecule has 1 aliphatic carbocycles. The van der Waals surface area contributed by atoms with Crippen LogP contribution >= 0.6 is 0 Å². The van der Waals surface area contributed by atoms with E-state index >= 15 is 0 Å². The number of hydrogen-bond donors (Lipinski definition) is 0. The molecule has 0 amide bonds. The molecular weight excluding hydrogens is 1110 g/mol. The van der Waals surface area contributed by atoms with E-state index in [9.17, 15) is 0 Å². The van der Waals surface area contributed by atoms with Crippen molar-refractivity contribution in [1.29, 1.82) is 0 Å². The van der Waals surface area contributed by atoms with Crippen molar-refractivity contribution in [2.24, 2.45) is 0 Å². The highest BCUT2D eigenvalue weighted by Gasteiger charge is 2.45. The maximum Gasteiger partial charge on any atom is 0.252 e. The Morgan fingerprint density at radius 2 is 0.902 bits per heavy atom. The van der Waals surface area contributed by atoms with Crippen molar-refractivity contribution < 1.29 is 0 Å². The highest BCUT2D eigenvalue weighted by molar-refractivity contribution is 7.00. The molecule has 0 radical (unpaired) electrons. The van der Waals surface area contributed by atoms with Crippen molar-refractivity contribution in [1.82, 2.24) is 4.57 Å². The Morgan fingerprint density at radius 1 is 0.359 bits per heavy atom. The van der Waals surface area contributed by atoms with Crippen LogP contribution in [0.3, 0.4) is 0 Å². The Kier molecular flexibility index (Phi) is 13.4. The predicted molar refractivity (Wildman–Crippen MR) is 397 cm³/mol. The molecule has 456 valence electrons. The zero-order chi connectivity index (χ0) is 64.3. The molecule has 3 aliphatic rings. The van der Waals surface area contributed by atoms with Crippen molar-refractivity contribution in [3.63, 3.8) is 0 Å². The van der Waals surface area contributed by atoms with Gasteiger partial charge in [-0.05, 0) is 222 Å². The van der Waals surface area contributed by atoms with Gasteiger partial charge in [-0.2, -0.15) is 0 Å². The molecule has 0 atom stereocenters. The molecule has 0 N–H and O–H groups in total. The Bertz CT molecular complexity index is 4930. The van der Waals surface area contributed by atoms with E-state index in [2.05, 4.69) is 355 Å². The van der Waals surface area contributed by atoms with Crippen LogP contribution in [0.15, 0.2) is 224 Å². The molecule has 0 bridgehead atoms. The largest absolute Gasteiger partial charge is 0.311 e. The van der Waals surface area contributed by atoms with E-state index in [1.807, 2.05) is 0 Å². The lowest BCUT2D eigenvalue weighted by molar-refractivity contribution is 0.590. The molecule has 92 heavy (non-hydrogen) atoms. The summed E-state index contributed by atoms with van der Waals surface area (Å²) in [5.74, 6) is 0. The summed E-state index contributed by atoms with van der Waals surface area (Å²) in [4.78, 5) is 7.75. The first kappa shape index (κ1) is 59.0. The smallest absolute Gasteiger partial charge is 0.252 e. The van der Waals surface area contributed by atoms with Gasteiger partial charge in [0.25, 0.3) is 6.71 Å². The Hall–Kier alpha value is -9.32. The quantitative estimate of drug-likeness (QED) is 0.148. The van der Waals surface area contributed by atoms with Crippen LogP contribution in [0.5, 0.6) is 0 Å². The van der Waals surface area contributed by atoms with Gasteiger partial charge < -0.3 is 19.3 Å². The van der Waals surface area contributed by atoms with Crippen LogP contribution in [0.1, 0.15) is 141 Å². The highest BCUT2D eigenvalue weighted by atomic mass is 15.2. The summed E-state index contributed by atoms with van der Waals surface area (Å²) in [7, 11) is 0. The number of nitrogens with zero attached hydrogens (tertiary/aromatic N) is 4. The second-order valence-electron chi connectivity index (χ2n) is 31.3. The third kappa shape index (κ3) is 9.46. The summed E-state index contributed by atoms with van der Waals surface area (Å²) < 4.78 is 2.44. The Balaban J connectivity index is 0.973. The van der Waals surface area contributed by atoms with Gasteiger partial charge in [0.1, 0.15) is 0 Å². The summed E-state index contributed by atoms with van der Waals surface area (Å²) in [6.45, 7) is 37.4. The topological polar surface area (TPSA) is 14.7 Å². The first-order valence-electron chi connectivity index (χ1n) is 33.3. The van der Waals surface area contributed by atoms with E-state index in [4.69, 9.17) is 0 Å². The van der Waals surface area contributed by atoms with Crippen LogP contribution < -0.4 is 31.1 Å². The molecule has 1 aromatic heterocycles. The molecule has 15 rings (SSSR count).